The van der Waals surface area contributed by atoms with Crippen LogP contribution in [0.4, 0.5) is 5.69 Å². The number of benzene rings is 2. The van der Waals surface area contributed by atoms with Gasteiger partial charge in [-0.2, -0.15) is 0 Å². The van der Waals surface area contributed by atoms with E-state index in [0.29, 0.717) is 40.7 Å². The quantitative estimate of drug-likeness (QED) is 0.744. The molecule has 1 N–H and O–H groups in total. The van der Waals surface area contributed by atoms with Crippen LogP contribution in [0.3, 0.4) is 0 Å². The average molecular weight is 441 g/mol. The predicted molar refractivity (Wildman–Crippen MR) is 113 cm³/mol. The summed E-state index contributed by atoms with van der Waals surface area (Å²) in [7, 11) is -3.53. The van der Waals surface area contributed by atoms with Gasteiger partial charge < -0.3 is 5.32 Å². The fourth-order valence-electron chi connectivity index (χ4n) is 3.34. The summed E-state index contributed by atoms with van der Waals surface area (Å²) in [5, 5.41) is 4.00. The first kappa shape index (κ1) is 21.1. The first-order chi connectivity index (χ1) is 13.2. The van der Waals surface area contributed by atoms with Gasteiger partial charge in [0.25, 0.3) is 0 Å². The number of rotatable bonds is 5. The lowest BCUT2D eigenvalue weighted by atomic mass is 9.98. The minimum Gasteiger partial charge on any atom is -0.326 e. The van der Waals surface area contributed by atoms with Crippen LogP contribution < -0.4 is 5.32 Å². The Bertz CT molecular complexity index is 979. The zero-order chi connectivity index (χ0) is 20.3. The van der Waals surface area contributed by atoms with Crippen molar-refractivity contribution in [3.8, 4) is 0 Å². The molecule has 1 saturated heterocycles. The number of nitrogens with zero attached hydrogens (tertiary/aromatic N) is 1. The van der Waals surface area contributed by atoms with E-state index in [2.05, 4.69) is 5.32 Å². The van der Waals surface area contributed by atoms with E-state index in [1.54, 1.807) is 42.5 Å². The van der Waals surface area contributed by atoms with Gasteiger partial charge in [0.15, 0.2) is 0 Å². The molecule has 0 saturated carbocycles. The Labute approximate surface area is 175 Å². The Hall–Kier alpha value is -1.60. The number of hydrogen-bond acceptors (Lipinski definition) is 3. The molecule has 1 atom stereocenters. The second-order valence-electron chi connectivity index (χ2n) is 7.03. The number of amides is 1. The Morgan fingerprint density at radius 3 is 2.64 bits per heavy atom. The van der Waals surface area contributed by atoms with Gasteiger partial charge in [0.2, 0.25) is 15.9 Å². The number of nitrogens with one attached hydrogen (secondary N) is 1. The van der Waals surface area contributed by atoms with Crippen LogP contribution in [-0.2, 0) is 20.6 Å². The minimum atomic E-state index is -3.53. The van der Waals surface area contributed by atoms with Crippen LogP contribution in [0.5, 0.6) is 0 Å². The van der Waals surface area contributed by atoms with Crippen LogP contribution in [0.15, 0.2) is 42.5 Å². The molecule has 0 radical (unpaired) electrons. The van der Waals surface area contributed by atoms with Gasteiger partial charge >= 0.3 is 0 Å². The van der Waals surface area contributed by atoms with Gasteiger partial charge in [0.05, 0.1) is 11.7 Å². The summed E-state index contributed by atoms with van der Waals surface area (Å²) < 4.78 is 27.1. The predicted octanol–water partition coefficient (Wildman–Crippen LogP) is 4.48. The van der Waals surface area contributed by atoms with E-state index >= 15 is 0 Å². The van der Waals surface area contributed by atoms with Gasteiger partial charge in [-0.15, -0.1) is 0 Å². The minimum absolute atomic E-state index is 0.127. The first-order valence-corrected chi connectivity index (χ1v) is 11.4. The van der Waals surface area contributed by atoms with Crippen LogP contribution in [0.25, 0.3) is 0 Å². The molecule has 1 aliphatic rings. The Morgan fingerprint density at radius 1 is 1.18 bits per heavy atom. The maximum Gasteiger partial charge on any atom is 0.228 e. The lowest BCUT2D eigenvalue weighted by molar-refractivity contribution is -0.120. The van der Waals surface area contributed by atoms with Gasteiger partial charge in [0, 0.05) is 28.8 Å². The van der Waals surface area contributed by atoms with Crippen LogP contribution in [0, 0.1) is 12.8 Å². The standard InChI is InChI=1S/C20H22Cl2N2O3S/c1-14-10-18(22)7-8-19(14)23-20(25)16-5-3-9-24(12-16)28(26,27)13-15-4-2-6-17(21)11-15/h2,4,6-8,10-11,16H,3,5,9,12-13H2,1H3,(H,23,25)/t16-/m0/s1. The molecule has 0 spiro atoms. The second-order valence-corrected chi connectivity index (χ2v) is 9.87. The highest BCUT2D eigenvalue weighted by molar-refractivity contribution is 7.88. The molecule has 150 valence electrons. The highest BCUT2D eigenvalue weighted by Gasteiger charge is 2.32. The van der Waals surface area contributed by atoms with Crippen molar-refractivity contribution >= 4 is 44.8 Å². The Morgan fingerprint density at radius 2 is 1.93 bits per heavy atom. The maximum absolute atomic E-state index is 12.8. The average Bonchev–Trinajstić information content (AvgIpc) is 2.64. The molecule has 2 aromatic carbocycles. The molecule has 0 aromatic heterocycles. The summed E-state index contributed by atoms with van der Waals surface area (Å²) in [5.41, 5.74) is 2.19. The van der Waals surface area contributed by atoms with Crippen molar-refractivity contribution in [2.24, 2.45) is 5.92 Å². The van der Waals surface area contributed by atoms with Gasteiger partial charge in [-0.3, -0.25) is 4.79 Å². The molecular weight excluding hydrogens is 419 g/mol. The maximum atomic E-state index is 12.8. The molecule has 0 unspecified atom stereocenters. The van der Waals surface area contributed by atoms with Crippen LogP contribution in [0.2, 0.25) is 10.0 Å². The number of sulfonamides is 1. The zero-order valence-corrected chi connectivity index (χ0v) is 17.8. The largest absolute Gasteiger partial charge is 0.326 e. The zero-order valence-electron chi connectivity index (χ0n) is 15.5. The summed E-state index contributed by atoms with van der Waals surface area (Å²) in [6.45, 7) is 2.47. The van der Waals surface area contributed by atoms with E-state index < -0.39 is 15.9 Å². The fraction of sp³-hybridized carbons (Fsp3) is 0.350. The number of carbonyl (C=O) groups excluding carboxylic acids is 1. The lowest BCUT2D eigenvalue weighted by Gasteiger charge is -2.31. The number of carbonyl (C=O) groups is 1. The van der Waals surface area contributed by atoms with E-state index in [1.165, 1.54) is 4.31 Å². The van der Waals surface area contributed by atoms with Gasteiger partial charge in [0.1, 0.15) is 0 Å². The van der Waals surface area contributed by atoms with Crippen molar-refractivity contribution in [2.45, 2.75) is 25.5 Å². The van der Waals surface area contributed by atoms with Crippen LogP contribution in [0.1, 0.15) is 24.0 Å². The van der Waals surface area contributed by atoms with Crippen molar-refractivity contribution in [3.05, 3.63) is 63.6 Å². The number of anilines is 1. The van der Waals surface area contributed by atoms with Gasteiger partial charge in [-0.25, -0.2) is 12.7 Å². The molecule has 5 nitrogen and oxygen atoms in total. The number of aryl methyl sites for hydroxylation is 1. The highest BCUT2D eigenvalue weighted by atomic mass is 35.5. The Balaban J connectivity index is 1.68. The van der Waals surface area contributed by atoms with Crippen LogP contribution >= 0.6 is 23.2 Å². The van der Waals surface area contributed by atoms with Crippen LogP contribution in [-0.4, -0.2) is 31.7 Å². The number of halogens is 2. The van der Waals surface area contributed by atoms with E-state index in [4.69, 9.17) is 23.2 Å². The van der Waals surface area contributed by atoms with Crippen molar-refractivity contribution in [2.75, 3.05) is 18.4 Å². The molecule has 3 rings (SSSR count). The first-order valence-electron chi connectivity index (χ1n) is 9.04. The van der Waals surface area contributed by atoms with E-state index in [-0.39, 0.29) is 18.2 Å². The van der Waals surface area contributed by atoms with E-state index in [0.717, 1.165) is 5.56 Å². The fourth-order valence-corrected chi connectivity index (χ4v) is 5.38. The monoisotopic (exact) mass is 440 g/mol. The summed E-state index contributed by atoms with van der Waals surface area (Å²) in [5.74, 6) is -0.691. The highest BCUT2D eigenvalue weighted by Crippen LogP contribution is 2.25. The van der Waals surface area contributed by atoms with Crippen molar-refractivity contribution in [1.82, 2.24) is 4.31 Å². The lowest BCUT2D eigenvalue weighted by Crippen LogP contribution is -2.44. The SMILES string of the molecule is Cc1cc(Cl)ccc1NC(=O)[C@H]1CCCN(S(=O)(=O)Cc2cccc(Cl)c2)C1. The second kappa shape index (κ2) is 8.82. The topological polar surface area (TPSA) is 66.5 Å². The molecule has 0 bridgehead atoms. The normalized spacial score (nSPS) is 18.0. The summed E-state index contributed by atoms with van der Waals surface area (Å²) in [6, 6.07) is 12.1. The molecule has 0 aliphatic carbocycles. The third kappa shape index (κ3) is 5.26. The summed E-state index contributed by atoms with van der Waals surface area (Å²) in [6.07, 6.45) is 1.30. The van der Waals surface area contributed by atoms with Crippen molar-refractivity contribution < 1.29 is 13.2 Å². The molecule has 1 fully saturated rings. The summed E-state index contributed by atoms with van der Waals surface area (Å²) >= 11 is 11.9. The van der Waals surface area contributed by atoms with E-state index in [1.807, 2.05) is 6.92 Å². The molecule has 1 aliphatic heterocycles. The molecule has 8 heteroatoms. The smallest absolute Gasteiger partial charge is 0.228 e. The molecule has 1 heterocycles. The van der Waals surface area contributed by atoms with Crippen molar-refractivity contribution in [1.29, 1.82) is 0 Å². The molecule has 28 heavy (non-hydrogen) atoms. The third-order valence-electron chi connectivity index (χ3n) is 4.83. The number of hydrogen-bond donors (Lipinski definition) is 1. The van der Waals surface area contributed by atoms with Gasteiger partial charge in [-0.1, -0.05) is 35.3 Å². The van der Waals surface area contributed by atoms with Gasteiger partial charge in [-0.05, 0) is 61.2 Å². The van der Waals surface area contributed by atoms with E-state index in [9.17, 15) is 13.2 Å². The number of piperidine rings is 1. The summed E-state index contributed by atoms with van der Waals surface area (Å²) in [4.78, 5) is 12.7. The Kier molecular flexibility index (Phi) is 6.65. The third-order valence-corrected chi connectivity index (χ3v) is 7.12. The molecule has 1 amide bonds. The molecular formula is C20H22Cl2N2O3S. The molecule has 2 aromatic rings. The van der Waals surface area contributed by atoms with Crippen molar-refractivity contribution in [3.63, 3.8) is 0 Å².